The van der Waals surface area contributed by atoms with E-state index in [1.165, 1.54) is 6.20 Å². The van der Waals surface area contributed by atoms with Crippen LogP contribution >= 0.6 is 24.0 Å². The van der Waals surface area contributed by atoms with Gasteiger partial charge in [0.2, 0.25) is 0 Å². The van der Waals surface area contributed by atoms with Crippen LogP contribution in [0.3, 0.4) is 0 Å². The highest BCUT2D eigenvalue weighted by molar-refractivity contribution is 6.30. The van der Waals surface area contributed by atoms with E-state index < -0.39 is 5.97 Å². The van der Waals surface area contributed by atoms with E-state index in [1.807, 2.05) is 12.1 Å². The van der Waals surface area contributed by atoms with Crippen molar-refractivity contribution in [3.05, 3.63) is 52.6 Å². The third kappa shape index (κ3) is 3.47. The number of halogens is 2. The molecule has 1 aromatic heterocycles. The van der Waals surface area contributed by atoms with Crippen molar-refractivity contribution in [2.24, 2.45) is 0 Å². The number of rotatable bonds is 3. The number of carbonyl (C=O) groups is 1. The third-order valence-electron chi connectivity index (χ3n) is 2.14. The first-order chi connectivity index (χ1) is 7.65. The van der Waals surface area contributed by atoms with Crippen molar-refractivity contribution in [3.63, 3.8) is 0 Å². The molecule has 2 aromatic rings. The zero-order chi connectivity index (χ0) is 11.5. The molecule has 6 heteroatoms. The van der Waals surface area contributed by atoms with E-state index in [4.69, 9.17) is 16.7 Å². The van der Waals surface area contributed by atoms with Crippen molar-refractivity contribution in [1.82, 2.24) is 9.97 Å². The summed E-state index contributed by atoms with van der Waals surface area (Å²) in [7, 11) is 0. The highest BCUT2D eigenvalue weighted by Crippen LogP contribution is 2.12. The van der Waals surface area contributed by atoms with Crippen LogP contribution in [-0.4, -0.2) is 21.0 Å². The number of aromatic carboxylic acids is 1. The predicted octanol–water partition coefficient (Wildman–Crippen LogP) is 2.77. The molecule has 0 unspecified atom stereocenters. The third-order valence-corrected chi connectivity index (χ3v) is 2.40. The summed E-state index contributed by atoms with van der Waals surface area (Å²) in [5.41, 5.74) is 1.12. The molecule has 0 bridgehead atoms. The van der Waals surface area contributed by atoms with Gasteiger partial charge in [-0.25, -0.2) is 9.78 Å². The Kier molecular flexibility index (Phi) is 4.54. The van der Waals surface area contributed by atoms with Crippen LogP contribution in [0, 0.1) is 0 Å². The Morgan fingerprint density at radius 1 is 1.35 bits per heavy atom. The zero-order valence-corrected chi connectivity index (χ0v) is 10.3. The van der Waals surface area contributed by atoms with Crippen molar-refractivity contribution < 1.29 is 9.90 Å². The van der Waals surface area contributed by atoms with Crippen LogP contribution in [0.15, 0.2) is 30.5 Å². The smallest absolute Gasteiger partial charge is 0.353 e. The summed E-state index contributed by atoms with van der Waals surface area (Å²) < 4.78 is 0. The van der Waals surface area contributed by atoms with Crippen LogP contribution in [-0.2, 0) is 6.42 Å². The van der Waals surface area contributed by atoms with Crippen LogP contribution in [0.2, 0.25) is 5.02 Å². The van der Waals surface area contributed by atoms with E-state index >= 15 is 0 Å². The number of carboxylic acid groups (broad SMARTS) is 1. The van der Waals surface area contributed by atoms with Crippen LogP contribution in [0.1, 0.15) is 21.9 Å². The van der Waals surface area contributed by atoms with Gasteiger partial charge in [0.15, 0.2) is 0 Å². The fourth-order valence-corrected chi connectivity index (χ4v) is 1.48. The van der Waals surface area contributed by atoms with Crippen molar-refractivity contribution in [3.8, 4) is 0 Å². The monoisotopic (exact) mass is 272 g/mol. The molecule has 0 atom stereocenters. The number of nitrogens with zero attached hydrogens (tertiary/aromatic N) is 1. The predicted molar refractivity (Wildman–Crippen MR) is 67.1 cm³/mol. The number of aromatic amines is 1. The Bertz CT molecular complexity index is 508. The number of H-pyrrole nitrogens is 1. The Balaban J connectivity index is 0.00000144. The molecule has 0 saturated heterocycles. The Labute approximate surface area is 109 Å². The minimum atomic E-state index is -1.00. The van der Waals surface area contributed by atoms with Gasteiger partial charge in [-0.3, -0.25) is 0 Å². The molecule has 1 aromatic carbocycles. The zero-order valence-electron chi connectivity index (χ0n) is 8.68. The summed E-state index contributed by atoms with van der Waals surface area (Å²) in [5, 5.41) is 9.39. The number of carboxylic acids is 1. The van der Waals surface area contributed by atoms with Gasteiger partial charge in [0.25, 0.3) is 0 Å². The highest BCUT2D eigenvalue weighted by atomic mass is 35.5. The second-order valence-electron chi connectivity index (χ2n) is 3.35. The fraction of sp³-hybridized carbons (Fsp3) is 0.0909. The lowest BCUT2D eigenvalue weighted by molar-refractivity contribution is 0.0691. The van der Waals surface area contributed by atoms with E-state index in [9.17, 15) is 4.79 Å². The maximum Gasteiger partial charge on any atom is 0.353 e. The number of benzene rings is 1. The number of nitrogens with one attached hydrogen (secondary N) is 1. The lowest BCUT2D eigenvalue weighted by Gasteiger charge is -1.98. The van der Waals surface area contributed by atoms with Gasteiger partial charge in [-0.1, -0.05) is 23.7 Å². The van der Waals surface area contributed by atoms with Gasteiger partial charge in [-0.15, -0.1) is 12.4 Å². The van der Waals surface area contributed by atoms with Gasteiger partial charge in [0.1, 0.15) is 11.5 Å². The number of hydrogen-bond donors (Lipinski definition) is 2. The maximum atomic E-state index is 10.6. The van der Waals surface area contributed by atoms with Gasteiger partial charge in [-0.2, -0.15) is 0 Å². The van der Waals surface area contributed by atoms with Crippen molar-refractivity contribution in [2.45, 2.75) is 6.42 Å². The minimum Gasteiger partial charge on any atom is -0.477 e. The maximum absolute atomic E-state index is 10.6. The van der Waals surface area contributed by atoms with Gasteiger partial charge < -0.3 is 10.1 Å². The Morgan fingerprint density at radius 2 is 2.00 bits per heavy atom. The molecular formula is C11H10Cl2N2O2. The SMILES string of the molecule is Cl.O=C(O)c1cnc(Cc2ccc(Cl)cc2)[nH]1. The molecular weight excluding hydrogens is 263 g/mol. The van der Waals surface area contributed by atoms with Crippen molar-refractivity contribution in [2.75, 3.05) is 0 Å². The fourth-order valence-electron chi connectivity index (χ4n) is 1.36. The Morgan fingerprint density at radius 3 is 2.53 bits per heavy atom. The molecule has 0 spiro atoms. The van der Waals surface area contributed by atoms with Gasteiger partial charge >= 0.3 is 5.97 Å². The van der Waals surface area contributed by atoms with Crippen molar-refractivity contribution in [1.29, 1.82) is 0 Å². The second-order valence-corrected chi connectivity index (χ2v) is 3.79. The molecule has 90 valence electrons. The lowest BCUT2D eigenvalue weighted by Crippen LogP contribution is -1.97. The summed E-state index contributed by atoms with van der Waals surface area (Å²) in [6.45, 7) is 0. The average molecular weight is 273 g/mol. The molecule has 0 aliphatic rings. The average Bonchev–Trinajstić information content (AvgIpc) is 2.70. The van der Waals surface area contributed by atoms with E-state index in [0.717, 1.165) is 5.56 Å². The molecule has 0 saturated carbocycles. The largest absolute Gasteiger partial charge is 0.477 e. The van der Waals surface area contributed by atoms with Crippen LogP contribution < -0.4 is 0 Å². The topological polar surface area (TPSA) is 66.0 Å². The molecule has 0 radical (unpaired) electrons. The normalized spacial score (nSPS) is 9.71. The molecule has 4 nitrogen and oxygen atoms in total. The van der Waals surface area contributed by atoms with E-state index in [1.54, 1.807) is 12.1 Å². The molecule has 0 amide bonds. The first kappa shape index (κ1) is 13.5. The molecule has 0 fully saturated rings. The summed E-state index contributed by atoms with van der Waals surface area (Å²) >= 11 is 5.76. The van der Waals surface area contributed by atoms with E-state index in [0.29, 0.717) is 17.3 Å². The van der Waals surface area contributed by atoms with E-state index in [2.05, 4.69) is 9.97 Å². The molecule has 17 heavy (non-hydrogen) atoms. The van der Waals surface area contributed by atoms with Gasteiger partial charge in [-0.05, 0) is 17.7 Å². The summed E-state index contributed by atoms with van der Waals surface area (Å²) in [5.74, 6) is -0.380. The number of aromatic nitrogens is 2. The molecule has 2 N–H and O–H groups in total. The first-order valence-corrected chi connectivity index (χ1v) is 5.04. The van der Waals surface area contributed by atoms with Crippen LogP contribution in [0.25, 0.3) is 0 Å². The van der Waals surface area contributed by atoms with E-state index in [-0.39, 0.29) is 18.1 Å². The number of imidazole rings is 1. The second kappa shape index (κ2) is 5.70. The summed E-state index contributed by atoms with van der Waals surface area (Å²) in [4.78, 5) is 17.3. The molecule has 0 aliphatic carbocycles. The summed E-state index contributed by atoms with van der Waals surface area (Å²) in [6, 6.07) is 7.34. The molecule has 1 heterocycles. The Hall–Kier alpha value is -1.52. The quantitative estimate of drug-likeness (QED) is 0.903. The molecule has 0 aliphatic heterocycles. The lowest BCUT2D eigenvalue weighted by atomic mass is 10.1. The van der Waals surface area contributed by atoms with Gasteiger partial charge in [0.05, 0.1) is 6.20 Å². The van der Waals surface area contributed by atoms with Crippen LogP contribution in [0.5, 0.6) is 0 Å². The summed E-state index contributed by atoms with van der Waals surface area (Å²) in [6.07, 6.45) is 1.87. The highest BCUT2D eigenvalue weighted by Gasteiger charge is 2.07. The van der Waals surface area contributed by atoms with Crippen LogP contribution in [0.4, 0.5) is 0 Å². The number of hydrogen-bond acceptors (Lipinski definition) is 2. The molecule has 2 rings (SSSR count). The first-order valence-electron chi connectivity index (χ1n) is 4.67. The minimum absolute atomic E-state index is 0. The van der Waals surface area contributed by atoms with Crippen molar-refractivity contribution >= 4 is 30.0 Å². The van der Waals surface area contributed by atoms with Gasteiger partial charge in [0, 0.05) is 11.4 Å². The standard InChI is InChI=1S/C11H9ClN2O2.ClH/c12-8-3-1-7(2-4-8)5-10-13-6-9(14-10)11(15)16;/h1-4,6H,5H2,(H,13,14)(H,15,16);1H.